The zero-order valence-corrected chi connectivity index (χ0v) is 17.4. The van der Waals surface area contributed by atoms with Crippen molar-refractivity contribution in [3.05, 3.63) is 58.9 Å². The Labute approximate surface area is 176 Å². The standard InChI is InChI=1S/C22H28ClFN2O3/c1-28-18-6-8-19(9-7-18)29-16-17(27)14-25-10-3-11-26(13-12-25)15-20-21(23)4-2-5-22(20)24/h2,4-9,17,27H,3,10-16H2,1H3. The number of benzene rings is 2. The van der Waals surface area contributed by atoms with Crippen LogP contribution >= 0.6 is 11.6 Å². The first-order valence-corrected chi connectivity index (χ1v) is 10.3. The van der Waals surface area contributed by atoms with Gasteiger partial charge in [-0.3, -0.25) is 9.80 Å². The van der Waals surface area contributed by atoms with Gasteiger partial charge in [-0.1, -0.05) is 17.7 Å². The number of β-amino-alcohol motifs (C(OH)–C–C–N with tert-alkyl or cyclic N) is 1. The molecule has 1 saturated heterocycles. The maximum atomic E-state index is 14.0. The molecule has 2 aromatic carbocycles. The van der Waals surface area contributed by atoms with Gasteiger partial charge in [-0.05, 0) is 55.9 Å². The summed E-state index contributed by atoms with van der Waals surface area (Å²) in [5.74, 6) is 1.21. The Kier molecular flexibility index (Phi) is 8.12. The molecular formula is C22H28ClFN2O3. The summed E-state index contributed by atoms with van der Waals surface area (Å²) in [5, 5.41) is 10.8. The quantitative estimate of drug-likeness (QED) is 0.706. The maximum absolute atomic E-state index is 14.0. The smallest absolute Gasteiger partial charge is 0.129 e. The SMILES string of the molecule is COc1ccc(OCC(O)CN2CCCN(Cc3c(F)cccc3Cl)CC2)cc1. The van der Waals surface area contributed by atoms with E-state index in [1.807, 2.05) is 24.3 Å². The Morgan fingerprint density at radius 1 is 1.03 bits per heavy atom. The molecule has 2 aromatic rings. The van der Waals surface area contributed by atoms with Crippen LogP contribution < -0.4 is 9.47 Å². The molecule has 1 fully saturated rings. The maximum Gasteiger partial charge on any atom is 0.129 e. The van der Waals surface area contributed by atoms with Crippen molar-refractivity contribution in [1.82, 2.24) is 9.80 Å². The molecule has 1 aliphatic rings. The van der Waals surface area contributed by atoms with Crippen molar-refractivity contribution in [3.63, 3.8) is 0 Å². The third-order valence-corrected chi connectivity index (χ3v) is 5.45. The monoisotopic (exact) mass is 422 g/mol. The number of ether oxygens (including phenoxy) is 2. The predicted molar refractivity (Wildman–Crippen MR) is 112 cm³/mol. The molecule has 0 aromatic heterocycles. The second kappa shape index (κ2) is 10.8. The summed E-state index contributed by atoms with van der Waals surface area (Å²) in [6.07, 6.45) is 0.377. The van der Waals surface area contributed by atoms with E-state index in [0.29, 0.717) is 29.4 Å². The minimum Gasteiger partial charge on any atom is -0.497 e. The Bertz CT molecular complexity index is 755. The van der Waals surface area contributed by atoms with Gasteiger partial charge in [0.2, 0.25) is 0 Å². The molecule has 0 amide bonds. The number of halogens is 2. The lowest BCUT2D eigenvalue weighted by Crippen LogP contribution is -2.38. The molecule has 158 valence electrons. The lowest BCUT2D eigenvalue weighted by molar-refractivity contribution is 0.0692. The zero-order chi connectivity index (χ0) is 20.6. The van der Waals surface area contributed by atoms with E-state index in [4.69, 9.17) is 21.1 Å². The summed E-state index contributed by atoms with van der Waals surface area (Å²) in [5.41, 5.74) is 0.551. The van der Waals surface area contributed by atoms with E-state index in [0.717, 1.165) is 38.3 Å². The van der Waals surface area contributed by atoms with Crippen molar-refractivity contribution in [3.8, 4) is 11.5 Å². The van der Waals surface area contributed by atoms with Gasteiger partial charge >= 0.3 is 0 Å². The van der Waals surface area contributed by atoms with Crippen molar-refractivity contribution >= 4 is 11.6 Å². The van der Waals surface area contributed by atoms with Crippen molar-refractivity contribution in [2.75, 3.05) is 46.4 Å². The molecule has 1 aliphatic heterocycles. The van der Waals surface area contributed by atoms with Crippen molar-refractivity contribution in [1.29, 1.82) is 0 Å². The molecule has 29 heavy (non-hydrogen) atoms. The average Bonchev–Trinajstić information content (AvgIpc) is 2.95. The third-order valence-electron chi connectivity index (χ3n) is 5.10. The van der Waals surface area contributed by atoms with Crippen LogP contribution in [0.25, 0.3) is 0 Å². The van der Waals surface area contributed by atoms with Crippen LogP contribution in [0.1, 0.15) is 12.0 Å². The highest BCUT2D eigenvalue weighted by atomic mass is 35.5. The van der Waals surface area contributed by atoms with Crippen LogP contribution in [-0.2, 0) is 6.54 Å². The topological polar surface area (TPSA) is 45.2 Å². The van der Waals surface area contributed by atoms with Gasteiger partial charge in [-0.25, -0.2) is 4.39 Å². The number of aliphatic hydroxyl groups excluding tert-OH is 1. The van der Waals surface area contributed by atoms with Gasteiger partial charge in [0.1, 0.15) is 30.0 Å². The largest absolute Gasteiger partial charge is 0.497 e. The summed E-state index contributed by atoms with van der Waals surface area (Å²) < 4.78 is 24.8. The lowest BCUT2D eigenvalue weighted by atomic mass is 10.2. The fourth-order valence-electron chi connectivity index (χ4n) is 3.49. The van der Waals surface area contributed by atoms with Crippen molar-refractivity contribution in [2.45, 2.75) is 19.1 Å². The molecule has 3 rings (SSSR count). The minimum absolute atomic E-state index is 0.234. The van der Waals surface area contributed by atoms with Crippen LogP contribution in [0.4, 0.5) is 4.39 Å². The van der Waals surface area contributed by atoms with Crippen molar-refractivity contribution in [2.24, 2.45) is 0 Å². The third kappa shape index (κ3) is 6.57. The summed E-state index contributed by atoms with van der Waals surface area (Å²) in [6, 6.07) is 12.1. The summed E-state index contributed by atoms with van der Waals surface area (Å²) in [6.45, 7) is 4.66. The van der Waals surface area contributed by atoms with E-state index < -0.39 is 6.10 Å². The van der Waals surface area contributed by atoms with E-state index in [1.165, 1.54) is 6.07 Å². The number of aliphatic hydroxyl groups is 1. The lowest BCUT2D eigenvalue weighted by Gasteiger charge is -2.24. The first-order valence-electron chi connectivity index (χ1n) is 9.87. The second-order valence-corrected chi connectivity index (χ2v) is 7.68. The molecule has 0 saturated carbocycles. The number of hydrogen-bond acceptors (Lipinski definition) is 5. The number of rotatable bonds is 8. The fourth-order valence-corrected chi connectivity index (χ4v) is 3.71. The van der Waals surface area contributed by atoms with Gasteiger partial charge in [0.05, 0.1) is 7.11 Å². The van der Waals surface area contributed by atoms with Crippen LogP contribution in [0.5, 0.6) is 11.5 Å². The van der Waals surface area contributed by atoms with E-state index in [9.17, 15) is 9.50 Å². The Hall–Kier alpha value is -1.86. The summed E-state index contributed by atoms with van der Waals surface area (Å²) in [4.78, 5) is 4.44. The molecule has 0 bridgehead atoms. The van der Waals surface area contributed by atoms with Gasteiger partial charge < -0.3 is 14.6 Å². The summed E-state index contributed by atoms with van der Waals surface area (Å²) >= 11 is 6.16. The average molecular weight is 423 g/mol. The molecule has 0 radical (unpaired) electrons. The van der Waals surface area contributed by atoms with Crippen LogP contribution in [0.3, 0.4) is 0 Å². The molecule has 7 heteroatoms. The molecule has 1 atom stereocenters. The molecule has 1 unspecified atom stereocenters. The Morgan fingerprint density at radius 3 is 2.45 bits per heavy atom. The summed E-state index contributed by atoms with van der Waals surface area (Å²) in [7, 11) is 1.62. The highest BCUT2D eigenvalue weighted by molar-refractivity contribution is 6.31. The molecule has 1 heterocycles. The predicted octanol–water partition coefficient (Wildman–Crippen LogP) is 3.44. The van der Waals surface area contributed by atoms with Gasteiger partial charge in [0, 0.05) is 36.8 Å². The van der Waals surface area contributed by atoms with Gasteiger partial charge in [0.25, 0.3) is 0 Å². The number of nitrogens with zero attached hydrogens (tertiary/aromatic N) is 2. The van der Waals surface area contributed by atoms with Gasteiger partial charge in [-0.2, -0.15) is 0 Å². The zero-order valence-electron chi connectivity index (χ0n) is 16.7. The molecule has 5 nitrogen and oxygen atoms in total. The minimum atomic E-state index is -0.579. The highest BCUT2D eigenvalue weighted by Gasteiger charge is 2.19. The molecule has 0 spiro atoms. The van der Waals surface area contributed by atoms with Gasteiger partial charge in [0.15, 0.2) is 0 Å². The van der Waals surface area contributed by atoms with Crippen LogP contribution in [0.2, 0.25) is 5.02 Å². The van der Waals surface area contributed by atoms with Crippen LogP contribution in [-0.4, -0.2) is 67.5 Å². The normalized spacial score (nSPS) is 17.0. The fraction of sp³-hybridized carbons (Fsp3) is 0.455. The second-order valence-electron chi connectivity index (χ2n) is 7.27. The van der Waals surface area contributed by atoms with E-state index in [1.54, 1.807) is 19.2 Å². The Balaban J connectivity index is 1.44. The highest BCUT2D eigenvalue weighted by Crippen LogP contribution is 2.21. The van der Waals surface area contributed by atoms with E-state index in [-0.39, 0.29) is 12.4 Å². The first kappa shape index (κ1) is 21.8. The van der Waals surface area contributed by atoms with Gasteiger partial charge in [-0.15, -0.1) is 0 Å². The van der Waals surface area contributed by atoms with E-state index >= 15 is 0 Å². The molecule has 0 aliphatic carbocycles. The van der Waals surface area contributed by atoms with E-state index in [2.05, 4.69) is 9.80 Å². The molecular weight excluding hydrogens is 395 g/mol. The number of methoxy groups -OCH3 is 1. The first-order chi connectivity index (χ1) is 14.0. The van der Waals surface area contributed by atoms with Crippen molar-refractivity contribution < 1.29 is 19.0 Å². The Morgan fingerprint density at radius 2 is 1.72 bits per heavy atom. The molecule has 1 N–H and O–H groups in total. The van der Waals surface area contributed by atoms with Crippen LogP contribution in [0, 0.1) is 5.82 Å². The van der Waals surface area contributed by atoms with Crippen LogP contribution in [0.15, 0.2) is 42.5 Å². The number of hydrogen-bond donors (Lipinski definition) is 1.